The van der Waals surface area contributed by atoms with Gasteiger partial charge in [0.15, 0.2) is 11.6 Å². The van der Waals surface area contributed by atoms with E-state index in [1.54, 1.807) is 6.07 Å². The van der Waals surface area contributed by atoms with Gasteiger partial charge in [-0.05, 0) is 22.0 Å². The highest BCUT2D eigenvalue weighted by Gasteiger charge is 2.07. The topological polar surface area (TPSA) is 35.2 Å². The molecule has 0 atom stereocenters. The molecule has 0 aliphatic rings. The summed E-state index contributed by atoms with van der Waals surface area (Å²) >= 11 is 3.11. The molecule has 2 nitrogen and oxygen atoms in total. The summed E-state index contributed by atoms with van der Waals surface area (Å²) in [6, 6.07) is 2.80. The van der Waals surface area contributed by atoms with Crippen molar-refractivity contribution in [2.45, 2.75) is 0 Å². The minimum atomic E-state index is -0.459. The van der Waals surface area contributed by atoms with Crippen LogP contribution in [-0.4, -0.2) is 7.11 Å². The predicted molar refractivity (Wildman–Crippen MR) is 45.1 cm³/mol. The van der Waals surface area contributed by atoms with Gasteiger partial charge in [-0.15, -0.1) is 0 Å². The molecule has 0 heterocycles. The third-order valence-corrected chi connectivity index (χ3v) is 1.81. The van der Waals surface area contributed by atoms with Gasteiger partial charge in [0, 0.05) is 11.8 Å². The molecule has 0 bridgehead atoms. The SMILES string of the molecule is COc1c(F)cc(N)cc1Br. The van der Waals surface area contributed by atoms with Crippen LogP contribution < -0.4 is 10.5 Å². The highest BCUT2D eigenvalue weighted by Crippen LogP contribution is 2.29. The molecule has 11 heavy (non-hydrogen) atoms. The number of nitrogens with two attached hydrogens (primary N) is 1. The molecular formula is C7H7BrFNO. The summed E-state index contributed by atoms with van der Waals surface area (Å²) < 4.78 is 18.2. The zero-order valence-electron chi connectivity index (χ0n) is 5.90. The van der Waals surface area contributed by atoms with Crippen molar-refractivity contribution in [3.8, 4) is 5.75 Å². The predicted octanol–water partition coefficient (Wildman–Crippen LogP) is 2.18. The maximum Gasteiger partial charge on any atom is 0.168 e. The maximum atomic E-state index is 12.9. The molecule has 0 aliphatic heterocycles. The number of methoxy groups -OCH3 is 1. The van der Waals surface area contributed by atoms with E-state index in [4.69, 9.17) is 10.5 Å². The Morgan fingerprint density at radius 3 is 2.64 bits per heavy atom. The van der Waals surface area contributed by atoms with Crippen molar-refractivity contribution in [2.75, 3.05) is 12.8 Å². The molecule has 0 aromatic heterocycles. The summed E-state index contributed by atoms with van der Waals surface area (Å²) in [5.74, 6) is -0.279. The minimum Gasteiger partial charge on any atom is -0.492 e. The van der Waals surface area contributed by atoms with Gasteiger partial charge in [-0.3, -0.25) is 0 Å². The van der Waals surface area contributed by atoms with E-state index >= 15 is 0 Å². The lowest BCUT2D eigenvalue weighted by Gasteiger charge is -2.04. The van der Waals surface area contributed by atoms with E-state index in [0.29, 0.717) is 10.2 Å². The number of rotatable bonds is 1. The van der Waals surface area contributed by atoms with E-state index in [0.717, 1.165) is 0 Å². The zero-order valence-corrected chi connectivity index (χ0v) is 7.48. The number of ether oxygens (including phenoxy) is 1. The van der Waals surface area contributed by atoms with Gasteiger partial charge >= 0.3 is 0 Å². The van der Waals surface area contributed by atoms with E-state index in [1.807, 2.05) is 0 Å². The fourth-order valence-corrected chi connectivity index (χ4v) is 1.39. The Labute approximate surface area is 72.3 Å². The second-order valence-corrected chi connectivity index (χ2v) is 2.87. The largest absolute Gasteiger partial charge is 0.492 e. The van der Waals surface area contributed by atoms with Gasteiger partial charge in [0.2, 0.25) is 0 Å². The molecule has 1 aromatic rings. The summed E-state index contributed by atoms with van der Waals surface area (Å²) in [7, 11) is 1.40. The van der Waals surface area contributed by atoms with Crippen molar-refractivity contribution in [1.29, 1.82) is 0 Å². The van der Waals surface area contributed by atoms with Crippen molar-refractivity contribution in [1.82, 2.24) is 0 Å². The van der Waals surface area contributed by atoms with Gasteiger partial charge in [-0.25, -0.2) is 4.39 Å². The quantitative estimate of drug-likeness (QED) is 0.736. The van der Waals surface area contributed by atoms with Crippen LogP contribution in [-0.2, 0) is 0 Å². The fraction of sp³-hybridized carbons (Fsp3) is 0.143. The Balaban J connectivity index is 3.25. The third-order valence-electron chi connectivity index (χ3n) is 1.22. The van der Waals surface area contributed by atoms with Crippen LogP contribution in [0, 0.1) is 5.82 Å². The first kappa shape index (κ1) is 8.33. The van der Waals surface area contributed by atoms with Gasteiger partial charge in [-0.2, -0.15) is 0 Å². The molecule has 0 saturated carbocycles. The highest BCUT2D eigenvalue weighted by molar-refractivity contribution is 9.10. The minimum absolute atomic E-state index is 0.180. The normalized spacial score (nSPS) is 9.73. The van der Waals surface area contributed by atoms with Crippen LogP contribution in [0.1, 0.15) is 0 Å². The van der Waals surface area contributed by atoms with Crippen molar-refractivity contribution in [3.05, 3.63) is 22.4 Å². The van der Waals surface area contributed by atoms with Crippen LogP contribution in [0.4, 0.5) is 10.1 Å². The number of hydrogen-bond acceptors (Lipinski definition) is 2. The summed E-state index contributed by atoms with van der Waals surface area (Å²) in [6.45, 7) is 0. The van der Waals surface area contributed by atoms with E-state index in [2.05, 4.69) is 15.9 Å². The van der Waals surface area contributed by atoms with Gasteiger partial charge in [0.1, 0.15) is 0 Å². The molecule has 0 aliphatic carbocycles. The highest BCUT2D eigenvalue weighted by atomic mass is 79.9. The number of anilines is 1. The molecule has 0 spiro atoms. The van der Waals surface area contributed by atoms with Crippen LogP contribution in [0.2, 0.25) is 0 Å². The van der Waals surface area contributed by atoms with Gasteiger partial charge in [0.05, 0.1) is 11.6 Å². The van der Waals surface area contributed by atoms with Crippen molar-refractivity contribution >= 4 is 21.6 Å². The average molecular weight is 220 g/mol. The molecule has 0 amide bonds. The van der Waals surface area contributed by atoms with Crippen LogP contribution in [0.5, 0.6) is 5.75 Å². The van der Waals surface area contributed by atoms with Crippen LogP contribution in [0.25, 0.3) is 0 Å². The Morgan fingerprint density at radius 2 is 2.18 bits per heavy atom. The standard InChI is InChI=1S/C7H7BrFNO/c1-11-7-5(8)2-4(10)3-6(7)9/h2-3H,10H2,1H3. The zero-order chi connectivity index (χ0) is 8.43. The average Bonchev–Trinajstić information content (AvgIpc) is 1.85. The van der Waals surface area contributed by atoms with Gasteiger partial charge in [0.25, 0.3) is 0 Å². The van der Waals surface area contributed by atoms with Crippen LogP contribution in [0.3, 0.4) is 0 Å². The number of nitrogen functional groups attached to an aromatic ring is 1. The molecule has 60 valence electrons. The number of halogens is 2. The second-order valence-electron chi connectivity index (χ2n) is 2.02. The molecule has 0 unspecified atom stereocenters. The molecule has 1 aromatic carbocycles. The first-order chi connectivity index (χ1) is 5.15. The summed E-state index contributed by atoms with van der Waals surface area (Å²) in [5, 5.41) is 0. The Morgan fingerprint density at radius 1 is 1.55 bits per heavy atom. The van der Waals surface area contributed by atoms with Gasteiger partial charge < -0.3 is 10.5 Å². The number of benzene rings is 1. The molecule has 0 radical (unpaired) electrons. The molecule has 4 heteroatoms. The van der Waals surface area contributed by atoms with Crippen molar-refractivity contribution in [2.24, 2.45) is 0 Å². The fourth-order valence-electron chi connectivity index (χ4n) is 0.774. The van der Waals surface area contributed by atoms with Crippen molar-refractivity contribution in [3.63, 3.8) is 0 Å². The second kappa shape index (κ2) is 3.09. The van der Waals surface area contributed by atoms with Gasteiger partial charge in [-0.1, -0.05) is 0 Å². The summed E-state index contributed by atoms with van der Waals surface area (Å²) in [5.41, 5.74) is 5.73. The molecule has 1 rings (SSSR count). The smallest absolute Gasteiger partial charge is 0.168 e. The number of hydrogen-bond donors (Lipinski definition) is 1. The molecule has 2 N–H and O–H groups in total. The Hall–Kier alpha value is -0.770. The first-order valence-corrected chi connectivity index (χ1v) is 3.73. The molecule has 0 saturated heterocycles. The van der Waals surface area contributed by atoms with E-state index < -0.39 is 5.82 Å². The molecule has 0 fully saturated rings. The van der Waals surface area contributed by atoms with Crippen LogP contribution >= 0.6 is 15.9 Å². The van der Waals surface area contributed by atoms with Crippen molar-refractivity contribution < 1.29 is 9.13 Å². The lowest BCUT2D eigenvalue weighted by Crippen LogP contribution is -1.92. The lowest BCUT2D eigenvalue weighted by molar-refractivity contribution is 0.384. The van der Waals surface area contributed by atoms with Crippen LogP contribution in [0.15, 0.2) is 16.6 Å². The maximum absolute atomic E-state index is 12.9. The Kier molecular flexibility index (Phi) is 2.34. The van der Waals surface area contributed by atoms with E-state index in [1.165, 1.54) is 13.2 Å². The summed E-state index contributed by atoms with van der Waals surface area (Å²) in [6.07, 6.45) is 0. The van der Waals surface area contributed by atoms with E-state index in [-0.39, 0.29) is 5.75 Å². The lowest BCUT2D eigenvalue weighted by atomic mass is 10.3. The summed E-state index contributed by atoms with van der Waals surface area (Å²) in [4.78, 5) is 0. The monoisotopic (exact) mass is 219 g/mol. The third kappa shape index (κ3) is 1.63. The first-order valence-electron chi connectivity index (χ1n) is 2.93. The van der Waals surface area contributed by atoms with E-state index in [9.17, 15) is 4.39 Å². The molecular weight excluding hydrogens is 213 g/mol. The Bertz CT molecular complexity index is 254.